The van der Waals surface area contributed by atoms with Crippen LogP contribution in [-0.2, 0) is 14.6 Å². The van der Waals surface area contributed by atoms with Crippen molar-refractivity contribution < 1.29 is 13.2 Å². The van der Waals surface area contributed by atoms with E-state index in [2.05, 4.69) is 10.2 Å². The Labute approximate surface area is 138 Å². The number of hydrogen-bond acceptors (Lipinski definition) is 5. The molecule has 1 aliphatic heterocycles. The van der Waals surface area contributed by atoms with Crippen molar-refractivity contribution in [1.82, 2.24) is 10.2 Å². The van der Waals surface area contributed by atoms with Gasteiger partial charge in [0.1, 0.15) is 5.75 Å². The molecule has 0 atom stereocenters. The maximum Gasteiger partial charge on any atom is 0.235 e. The van der Waals surface area contributed by atoms with Crippen molar-refractivity contribution in [1.29, 1.82) is 0 Å². The largest absolute Gasteiger partial charge is 0.353 e. The molecule has 1 heterocycles. The summed E-state index contributed by atoms with van der Waals surface area (Å²) in [5.41, 5.74) is 0.0607. The van der Waals surface area contributed by atoms with Gasteiger partial charge < -0.3 is 5.32 Å². The predicted octanol–water partition coefficient (Wildman–Crippen LogP) is 1.29. The Morgan fingerprint density at radius 3 is 2.45 bits per heavy atom. The highest BCUT2D eigenvalue weighted by molar-refractivity contribution is 7.99. The minimum absolute atomic E-state index is 0.0607. The molecule has 1 N–H and O–H groups in total. The molecule has 0 aromatic heterocycles. The molecule has 1 aliphatic carbocycles. The third-order valence-electron chi connectivity index (χ3n) is 4.70. The number of thioether (sulfide) groups is 1. The van der Waals surface area contributed by atoms with Crippen molar-refractivity contribution in [2.45, 2.75) is 44.6 Å². The molecule has 0 unspecified atom stereocenters. The maximum atomic E-state index is 12.0. The molecular weight excluding hydrogens is 320 g/mol. The average molecular weight is 349 g/mol. The van der Waals surface area contributed by atoms with Gasteiger partial charge in [-0.2, -0.15) is 11.8 Å². The number of sulfone groups is 1. The van der Waals surface area contributed by atoms with Gasteiger partial charge in [-0.1, -0.05) is 19.8 Å². The molecule has 0 aromatic rings. The Bertz CT molecular complexity index is 467. The molecule has 5 nitrogen and oxygen atoms in total. The highest BCUT2D eigenvalue weighted by atomic mass is 32.2. The van der Waals surface area contributed by atoms with Gasteiger partial charge in [0, 0.05) is 36.7 Å². The highest BCUT2D eigenvalue weighted by Crippen LogP contribution is 2.36. The van der Waals surface area contributed by atoms with Crippen LogP contribution in [0.4, 0.5) is 0 Å². The zero-order chi connectivity index (χ0) is 16.1. The van der Waals surface area contributed by atoms with Gasteiger partial charge in [0.2, 0.25) is 5.91 Å². The van der Waals surface area contributed by atoms with E-state index in [1.54, 1.807) is 0 Å². The second kappa shape index (κ2) is 8.02. The van der Waals surface area contributed by atoms with Crippen molar-refractivity contribution in [2.24, 2.45) is 0 Å². The number of nitrogens with one attached hydrogen (secondary N) is 1. The lowest BCUT2D eigenvalue weighted by Crippen LogP contribution is -2.56. The van der Waals surface area contributed by atoms with E-state index < -0.39 is 9.84 Å². The summed E-state index contributed by atoms with van der Waals surface area (Å²) >= 11 is 1.99. The molecule has 1 saturated heterocycles. The fourth-order valence-electron chi connectivity index (χ4n) is 3.57. The van der Waals surface area contributed by atoms with Gasteiger partial charge in [0.05, 0.1) is 5.75 Å². The molecule has 0 radical (unpaired) electrons. The molecule has 1 amide bonds. The quantitative estimate of drug-likeness (QED) is 0.751. The van der Waals surface area contributed by atoms with Crippen LogP contribution in [-0.4, -0.2) is 67.4 Å². The SMILES string of the molecule is CCCS(=O)(=O)CC(=O)NCC1(N2CCSCC2)CCCC1. The fourth-order valence-corrected chi connectivity index (χ4v) is 5.74. The van der Waals surface area contributed by atoms with Gasteiger partial charge in [-0.05, 0) is 19.3 Å². The van der Waals surface area contributed by atoms with Crippen LogP contribution < -0.4 is 5.32 Å². The fraction of sp³-hybridized carbons (Fsp3) is 0.933. The number of amides is 1. The van der Waals surface area contributed by atoms with Crippen molar-refractivity contribution in [2.75, 3.05) is 42.6 Å². The van der Waals surface area contributed by atoms with Crippen LogP contribution in [0.5, 0.6) is 0 Å². The first-order valence-electron chi connectivity index (χ1n) is 8.27. The summed E-state index contributed by atoms with van der Waals surface area (Å²) in [5.74, 6) is 1.69. The topological polar surface area (TPSA) is 66.5 Å². The molecule has 0 aromatic carbocycles. The predicted molar refractivity (Wildman–Crippen MR) is 92.1 cm³/mol. The van der Waals surface area contributed by atoms with E-state index in [0.29, 0.717) is 13.0 Å². The van der Waals surface area contributed by atoms with Crippen LogP contribution in [0.25, 0.3) is 0 Å². The molecule has 22 heavy (non-hydrogen) atoms. The summed E-state index contributed by atoms with van der Waals surface area (Å²) in [6.07, 6.45) is 5.19. The van der Waals surface area contributed by atoms with Gasteiger partial charge in [-0.25, -0.2) is 8.42 Å². The Balaban J connectivity index is 1.90. The summed E-state index contributed by atoms with van der Waals surface area (Å²) in [6.45, 7) is 4.57. The third kappa shape index (κ3) is 4.86. The van der Waals surface area contributed by atoms with E-state index in [9.17, 15) is 13.2 Å². The lowest BCUT2D eigenvalue weighted by Gasteiger charge is -2.43. The summed E-state index contributed by atoms with van der Waals surface area (Å²) in [6, 6.07) is 0. The van der Waals surface area contributed by atoms with E-state index in [0.717, 1.165) is 37.4 Å². The van der Waals surface area contributed by atoms with Crippen LogP contribution in [0, 0.1) is 0 Å². The second-order valence-electron chi connectivity index (χ2n) is 6.40. The number of rotatable bonds is 7. The number of carbonyl (C=O) groups is 1. The van der Waals surface area contributed by atoms with E-state index >= 15 is 0 Å². The van der Waals surface area contributed by atoms with Crippen LogP contribution in [0.3, 0.4) is 0 Å². The van der Waals surface area contributed by atoms with E-state index in [1.165, 1.54) is 12.8 Å². The third-order valence-corrected chi connectivity index (χ3v) is 7.37. The normalized spacial score (nSPS) is 22.6. The summed E-state index contributed by atoms with van der Waals surface area (Å²) in [7, 11) is -3.25. The van der Waals surface area contributed by atoms with Gasteiger partial charge in [-0.15, -0.1) is 0 Å². The van der Waals surface area contributed by atoms with Crippen LogP contribution in [0.1, 0.15) is 39.0 Å². The number of carbonyl (C=O) groups excluding carboxylic acids is 1. The lowest BCUT2D eigenvalue weighted by atomic mass is 9.94. The first-order chi connectivity index (χ1) is 10.5. The molecule has 0 bridgehead atoms. The van der Waals surface area contributed by atoms with E-state index in [-0.39, 0.29) is 23.0 Å². The maximum absolute atomic E-state index is 12.0. The van der Waals surface area contributed by atoms with Gasteiger partial charge in [0.25, 0.3) is 0 Å². The molecule has 0 spiro atoms. The first-order valence-corrected chi connectivity index (χ1v) is 11.2. The lowest BCUT2D eigenvalue weighted by molar-refractivity contribution is -0.119. The average Bonchev–Trinajstić information content (AvgIpc) is 2.96. The number of hydrogen-bond donors (Lipinski definition) is 1. The number of nitrogens with zero attached hydrogens (tertiary/aromatic N) is 1. The summed E-state index contributed by atoms with van der Waals surface area (Å²) in [4.78, 5) is 14.5. The standard InChI is InChI=1S/C15H28N2O3S2/c1-2-11-22(19,20)12-14(18)16-13-15(5-3-4-6-15)17-7-9-21-10-8-17/h2-13H2,1H3,(H,16,18). The molecule has 128 valence electrons. The Hall–Kier alpha value is -0.270. The highest BCUT2D eigenvalue weighted by Gasteiger charge is 2.40. The zero-order valence-electron chi connectivity index (χ0n) is 13.5. The minimum atomic E-state index is -3.25. The minimum Gasteiger partial charge on any atom is -0.353 e. The monoisotopic (exact) mass is 348 g/mol. The molecule has 2 aliphatic rings. The zero-order valence-corrected chi connectivity index (χ0v) is 15.1. The molecular formula is C15H28N2O3S2. The van der Waals surface area contributed by atoms with Crippen molar-refractivity contribution in [3.63, 3.8) is 0 Å². The molecule has 7 heteroatoms. The van der Waals surface area contributed by atoms with E-state index in [4.69, 9.17) is 0 Å². The van der Waals surface area contributed by atoms with Crippen LogP contribution >= 0.6 is 11.8 Å². The van der Waals surface area contributed by atoms with Gasteiger partial charge >= 0.3 is 0 Å². The second-order valence-corrected chi connectivity index (χ2v) is 9.81. The smallest absolute Gasteiger partial charge is 0.235 e. The summed E-state index contributed by atoms with van der Waals surface area (Å²) in [5, 5.41) is 2.91. The van der Waals surface area contributed by atoms with Crippen molar-refractivity contribution in [3.05, 3.63) is 0 Å². The first kappa shape index (κ1) is 18.1. The van der Waals surface area contributed by atoms with Crippen molar-refractivity contribution in [3.8, 4) is 0 Å². The Morgan fingerprint density at radius 1 is 1.23 bits per heavy atom. The summed E-state index contributed by atoms with van der Waals surface area (Å²) < 4.78 is 23.5. The molecule has 1 saturated carbocycles. The Morgan fingerprint density at radius 2 is 1.86 bits per heavy atom. The Kier molecular flexibility index (Phi) is 6.58. The van der Waals surface area contributed by atoms with E-state index in [1.807, 2.05) is 18.7 Å². The van der Waals surface area contributed by atoms with Crippen molar-refractivity contribution >= 4 is 27.5 Å². The van der Waals surface area contributed by atoms with Gasteiger partial charge in [0.15, 0.2) is 9.84 Å². The molecule has 2 rings (SSSR count). The van der Waals surface area contributed by atoms with Crippen LogP contribution in [0.15, 0.2) is 0 Å². The van der Waals surface area contributed by atoms with Gasteiger partial charge in [-0.3, -0.25) is 9.69 Å². The molecule has 2 fully saturated rings. The van der Waals surface area contributed by atoms with Crippen LogP contribution in [0.2, 0.25) is 0 Å².